The van der Waals surface area contributed by atoms with Gasteiger partial charge in [0.05, 0.1) is 5.69 Å². The van der Waals surface area contributed by atoms with Crippen molar-refractivity contribution in [3.63, 3.8) is 0 Å². The number of aryl methyl sites for hydroxylation is 1. The van der Waals surface area contributed by atoms with Crippen molar-refractivity contribution >= 4 is 5.95 Å². The van der Waals surface area contributed by atoms with Crippen LogP contribution in [0.15, 0.2) is 30.5 Å². The zero-order valence-corrected chi connectivity index (χ0v) is 19.3. The van der Waals surface area contributed by atoms with Crippen LogP contribution in [0.1, 0.15) is 30.0 Å². The summed E-state index contributed by atoms with van der Waals surface area (Å²) in [6.45, 7) is 5.55. The first-order valence-corrected chi connectivity index (χ1v) is 11.2. The van der Waals surface area contributed by atoms with Gasteiger partial charge in [0.2, 0.25) is 5.95 Å². The molecule has 0 saturated carbocycles. The van der Waals surface area contributed by atoms with E-state index in [0.717, 1.165) is 61.5 Å². The summed E-state index contributed by atoms with van der Waals surface area (Å²) in [4.78, 5) is 13.6. The lowest BCUT2D eigenvalue weighted by atomic mass is 9.89. The number of nitrogens with one attached hydrogen (secondary N) is 2. The molecule has 2 N–H and O–H groups in total. The first kappa shape index (κ1) is 22.4. The van der Waals surface area contributed by atoms with E-state index in [9.17, 15) is 4.39 Å². The van der Waals surface area contributed by atoms with Crippen LogP contribution in [0.25, 0.3) is 22.5 Å². The monoisotopic (exact) mass is 437 g/mol. The lowest BCUT2D eigenvalue weighted by Gasteiger charge is -2.28. The Kier molecular flexibility index (Phi) is 6.81. The molecule has 170 valence electrons. The van der Waals surface area contributed by atoms with Gasteiger partial charge < -0.3 is 15.1 Å². The van der Waals surface area contributed by atoms with Gasteiger partial charge in [-0.3, -0.25) is 5.10 Å². The lowest BCUT2D eigenvalue weighted by molar-refractivity contribution is 0.253. The molecule has 0 radical (unpaired) electrons. The molecule has 8 heteroatoms. The third-order valence-electron chi connectivity index (χ3n) is 6.05. The van der Waals surface area contributed by atoms with Gasteiger partial charge in [0.15, 0.2) is 0 Å². The number of H-pyrrole nitrogens is 1. The second kappa shape index (κ2) is 9.75. The van der Waals surface area contributed by atoms with E-state index in [1.54, 1.807) is 18.3 Å². The predicted octanol–water partition coefficient (Wildman–Crippen LogP) is 3.76. The Hall–Kier alpha value is -2.84. The average molecular weight is 438 g/mol. The molecule has 1 aromatic carbocycles. The molecular formula is C24H32FN7. The molecule has 7 nitrogen and oxygen atoms in total. The summed E-state index contributed by atoms with van der Waals surface area (Å²) >= 11 is 0. The largest absolute Gasteiger partial charge is 0.353 e. The maximum atomic E-state index is 14.9. The molecule has 0 unspecified atom stereocenters. The molecular weight excluding hydrogens is 405 g/mol. The number of aromatic nitrogens is 4. The predicted molar refractivity (Wildman–Crippen MR) is 126 cm³/mol. The zero-order valence-electron chi connectivity index (χ0n) is 19.3. The van der Waals surface area contributed by atoms with Gasteiger partial charge in [-0.05, 0) is 77.8 Å². The van der Waals surface area contributed by atoms with Gasteiger partial charge >= 0.3 is 0 Å². The van der Waals surface area contributed by atoms with Gasteiger partial charge in [-0.25, -0.2) is 14.4 Å². The molecule has 0 bridgehead atoms. The van der Waals surface area contributed by atoms with E-state index in [2.05, 4.69) is 37.3 Å². The highest BCUT2D eigenvalue weighted by atomic mass is 19.1. The minimum absolute atomic E-state index is 0.272. The highest BCUT2D eigenvalue weighted by molar-refractivity contribution is 5.82. The van der Waals surface area contributed by atoms with E-state index >= 15 is 0 Å². The maximum absolute atomic E-state index is 14.9. The number of hydrogen-bond donors (Lipinski definition) is 2. The summed E-state index contributed by atoms with van der Waals surface area (Å²) < 4.78 is 14.9. The van der Waals surface area contributed by atoms with Crippen molar-refractivity contribution < 1.29 is 4.39 Å². The fourth-order valence-corrected chi connectivity index (χ4v) is 4.19. The van der Waals surface area contributed by atoms with Crippen LogP contribution in [0.4, 0.5) is 10.3 Å². The van der Waals surface area contributed by atoms with Crippen molar-refractivity contribution in [1.29, 1.82) is 0 Å². The molecule has 1 aliphatic rings. The molecule has 32 heavy (non-hydrogen) atoms. The van der Waals surface area contributed by atoms with Gasteiger partial charge in [-0.1, -0.05) is 6.07 Å². The number of likely N-dealkylation sites (tertiary alicyclic amines) is 1. The Bertz CT molecular complexity index is 1050. The maximum Gasteiger partial charge on any atom is 0.223 e. The third-order valence-corrected chi connectivity index (χ3v) is 6.05. The van der Waals surface area contributed by atoms with Crippen LogP contribution in [0.2, 0.25) is 0 Å². The Morgan fingerprint density at radius 3 is 2.72 bits per heavy atom. The van der Waals surface area contributed by atoms with Crippen LogP contribution < -0.4 is 5.32 Å². The molecule has 0 aliphatic carbocycles. The summed E-state index contributed by atoms with van der Waals surface area (Å²) in [6.07, 6.45) is 3.81. The molecule has 0 amide bonds. The van der Waals surface area contributed by atoms with E-state index in [4.69, 9.17) is 4.98 Å². The van der Waals surface area contributed by atoms with Crippen LogP contribution in [-0.4, -0.2) is 77.3 Å². The number of likely N-dealkylation sites (N-methyl/N-ethyl adjacent to an activating group) is 1. The molecule has 1 saturated heterocycles. The molecule has 0 atom stereocenters. The highest BCUT2D eigenvalue weighted by Gasteiger charge is 2.28. The van der Waals surface area contributed by atoms with Crippen molar-refractivity contribution in [2.75, 3.05) is 52.6 Å². The van der Waals surface area contributed by atoms with Gasteiger partial charge in [-0.2, -0.15) is 5.10 Å². The van der Waals surface area contributed by atoms with E-state index in [1.165, 1.54) is 0 Å². The summed E-state index contributed by atoms with van der Waals surface area (Å²) in [5, 5.41) is 11.1. The summed E-state index contributed by atoms with van der Waals surface area (Å²) in [7, 11) is 6.20. The first-order chi connectivity index (χ1) is 15.4. The topological polar surface area (TPSA) is 73.0 Å². The van der Waals surface area contributed by atoms with E-state index in [0.29, 0.717) is 23.1 Å². The second-order valence-electron chi connectivity index (χ2n) is 8.92. The minimum atomic E-state index is -0.272. The van der Waals surface area contributed by atoms with Crippen molar-refractivity contribution in [2.45, 2.75) is 25.7 Å². The standard InChI is InChI=1S/C24H32FN7/c1-16-5-6-18(19(25)15-16)23-21(22(29-30-23)17-8-12-32(4)13-9-17)20-7-10-26-24(28-20)27-11-14-31(2)3/h5-7,10,15,17H,8-9,11-14H2,1-4H3,(H,29,30)(H,26,27,28). The lowest BCUT2D eigenvalue weighted by Crippen LogP contribution is -2.29. The Balaban J connectivity index is 1.75. The van der Waals surface area contributed by atoms with E-state index < -0.39 is 0 Å². The zero-order chi connectivity index (χ0) is 22.7. The number of anilines is 1. The van der Waals surface area contributed by atoms with E-state index in [1.807, 2.05) is 33.2 Å². The van der Waals surface area contributed by atoms with Gasteiger partial charge in [0.1, 0.15) is 11.5 Å². The Morgan fingerprint density at radius 1 is 1.22 bits per heavy atom. The fourth-order valence-electron chi connectivity index (χ4n) is 4.19. The molecule has 2 aromatic heterocycles. The summed E-state index contributed by atoms with van der Waals surface area (Å²) in [5.41, 5.74) is 4.64. The number of rotatable bonds is 7. The van der Waals surface area contributed by atoms with Crippen LogP contribution in [0.5, 0.6) is 0 Å². The second-order valence-corrected chi connectivity index (χ2v) is 8.92. The normalized spacial score (nSPS) is 15.4. The van der Waals surface area contributed by atoms with Crippen LogP contribution in [0.3, 0.4) is 0 Å². The van der Waals surface area contributed by atoms with Crippen molar-refractivity contribution in [3.8, 4) is 22.5 Å². The molecule has 3 heterocycles. The van der Waals surface area contributed by atoms with Gasteiger partial charge in [-0.15, -0.1) is 0 Å². The highest BCUT2D eigenvalue weighted by Crippen LogP contribution is 2.39. The summed E-state index contributed by atoms with van der Waals surface area (Å²) in [5.74, 6) is 0.623. The van der Waals surface area contributed by atoms with Crippen LogP contribution in [-0.2, 0) is 0 Å². The quantitative estimate of drug-likeness (QED) is 0.586. The van der Waals surface area contributed by atoms with Crippen molar-refractivity contribution in [3.05, 3.63) is 47.5 Å². The van der Waals surface area contributed by atoms with Crippen molar-refractivity contribution in [1.82, 2.24) is 30.0 Å². The Labute approximate surface area is 189 Å². The van der Waals surface area contributed by atoms with Crippen LogP contribution >= 0.6 is 0 Å². The average Bonchev–Trinajstić information content (AvgIpc) is 3.19. The molecule has 1 aliphatic heterocycles. The molecule has 3 aromatic rings. The SMILES string of the molecule is Cc1ccc(-c2n[nH]c(C3CCN(C)CC3)c2-c2ccnc(NCCN(C)C)n2)c(F)c1. The number of benzene rings is 1. The number of aromatic amines is 1. The third kappa shape index (κ3) is 4.97. The molecule has 4 rings (SSSR count). The first-order valence-electron chi connectivity index (χ1n) is 11.2. The number of piperidine rings is 1. The van der Waals surface area contributed by atoms with Gasteiger partial charge in [0.25, 0.3) is 0 Å². The molecule has 1 fully saturated rings. The minimum Gasteiger partial charge on any atom is -0.353 e. The van der Waals surface area contributed by atoms with Crippen LogP contribution in [0, 0.1) is 12.7 Å². The number of hydrogen-bond acceptors (Lipinski definition) is 6. The van der Waals surface area contributed by atoms with Crippen molar-refractivity contribution in [2.24, 2.45) is 0 Å². The fraction of sp³-hybridized carbons (Fsp3) is 0.458. The molecule has 0 spiro atoms. The number of halogens is 1. The Morgan fingerprint density at radius 2 is 2.00 bits per heavy atom. The van der Waals surface area contributed by atoms with Gasteiger partial charge in [0, 0.05) is 42.0 Å². The smallest absolute Gasteiger partial charge is 0.223 e. The van der Waals surface area contributed by atoms with E-state index in [-0.39, 0.29) is 5.82 Å². The summed E-state index contributed by atoms with van der Waals surface area (Å²) in [6, 6.07) is 7.16. The number of nitrogens with zero attached hydrogens (tertiary/aromatic N) is 5.